The second-order valence-electron chi connectivity index (χ2n) is 12.2. The predicted octanol–water partition coefficient (Wildman–Crippen LogP) is 11.5. The van der Waals surface area contributed by atoms with Gasteiger partial charge >= 0.3 is 19.8 Å². The lowest BCUT2D eigenvalue weighted by atomic mass is 10.1. The molecular weight excluding hydrogens is 663 g/mol. The minimum Gasteiger partial charge on any atom is -0.462 e. The van der Waals surface area contributed by atoms with Crippen molar-refractivity contribution >= 4 is 19.8 Å². The summed E-state index contributed by atoms with van der Waals surface area (Å²) in [5.74, 6) is -0.955. The molecule has 51 heavy (non-hydrogen) atoms. The predicted molar refractivity (Wildman–Crippen MR) is 211 cm³/mol. The summed E-state index contributed by atoms with van der Waals surface area (Å²) in [5, 5.41) is 0. The molecule has 8 nitrogen and oxygen atoms in total. The first-order chi connectivity index (χ1) is 24.8. The Hall–Kier alpha value is -3.03. The summed E-state index contributed by atoms with van der Waals surface area (Å²) in [5.41, 5.74) is 0. The standard InChI is InChI=1S/C42H67O8P/c1-3-5-7-9-11-13-15-17-18-19-20-21-22-23-25-26-28-30-32-34-36-41(43)48-38-40(39-49-51(45,46)47)50-42(44)37-35-33-31-29-27-24-16-14-12-10-8-6-4-2/h5-8,10-14,16-18,20-21,24,27,40H,3-4,9,15,19,22-23,25-26,28-39H2,1-2H3,(H2,45,46,47)/b7-5+,8-6+,12-10+,13-11+,16-14+,18-17+,21-20+,27-24+. The Bertz CT molecular complexity index is 1140. The molecule has 0 aliphatic rings. The smallest absolute Gasteiger partial charge is 0.462 e. The number of allylic oxidation sites excluding steroid dienone is 16. The van der Waals surface area contributed by atoms with E-state index in [1.807, 2.05) is 36.5 Å². The molecule has 0 aliphatic carbocycles. The molecule has 0 aromatic heterocycles. The van der Waals surface area contributed by atoms with Gasteiger partial charge in [-0.15, -0.1) is 0 Å². The molecular formula is C42H67O8P. The molecule has 0 aliphatic heterocycles. The summed E-state index contributed by atoms with van der Waals surface area (Å²) >= 11 is 0. The van der Waals surface area contributed by atoms with Crippen LogP contribution in [0.5, 0.6) is 0 Å². The van der Waals surface area contributed by atoms with E-state index in [4.69, 9.17) is 19.3 Å². The summed E-state index contributed by atoms with van der Waals surface area (Å²) in [6.07, 6.45) is 49.9. The topological polar surface area (TPSA) is 119 Å². The number of rotatable bonds is 33. The third kappa shape index (κ3) is 39.6. The van der Waals surface area contributed by atoms with Gasteiger partial charge in [0.05, 0.1) is 6.61 Å². The first-order valence-electron chi connectivity index (χ1n) is 19.1. The molecule has 9 heteroatoms. The molecule has 0 saturated heterocycles. The fraction of sp³-hybridized carbons (Fsp3) is 0.571. The van der Waals surface area contributed by atoms with Gasteiger partial charge < -0.3 is 19.3 Å². The van der Waals surface area contributed by atoms with E-state index < -0.39 is 32.5 Å². The fourth-order valence-corrected chi connectivity index (χ4v) is 5.03. The van der Waals surface area contributed by atoms with Crippen molar-refractivity contribution in [2.45, 2.75) is 142 Å². The number of unbranched alkanes of at least 4 members (excludes halogenated alkanes) is 10. The molecule has 0 radical (unpaired) electrons. The Kier molecular flexibility index (Phi) is 34.6. The van der Waals surface area contributed by atoms with Crippen molar-refractivity contribution in [3.05, 3.63) is 97.2 Å². The highest BCUT2D eigenvalue weighted by Crippen LogP contribution is 2.36. The van der Waals surface area contributed by atoms with Crippen molar-refractivity contribution in [2.75, 3.05) is 13.2 Å². The Morgan fingerprint density at radius 2 is 0.980 bits per heavy atom. The van der Waals surface area contributed by atoms with Crippen LogP contribution >= 0.6 is 7.82 Å². The number of phosphoric ester groups is 1. The lowest BCUT2D eigenvalue weighted by Gasteiger charge is -2.18. The van der Waals surface area contributed by atoms with Gasteiger partial charge in [0.15, 0.2) is 6.10 Å². The average Bonchev–Trinajstić information content (AvgIpc) is 3.10. The summed E-state index contributed by atoms with van der Waals surface area (Å²) in [6, 6.07) is 0. The number of carbonyl (C=O) groups is 2. The van der Waals surface area contributed by atoms with Crippen LogP contribution in [-0.4, -0.2) is 41.0 Å². The zero-order valence-corrected chi connectivity index (χ0v) is 32.3. The highest BCUT2D eigenvalue weighted by atomic mass is 31.2. The maximum absolute atomic E-state index is 12.3. The Morgan fingerprint density at radius 3 is 1.57 bits per heavy atom. The molecule has 0 heterocycles. The van der Waals surface area contributed by atoms with Crippen molar-refractivity contribution in [1.29, 1.82) is 0 Å². The quantitative estimate of drug-likeness (QED) is 0.0225. The van der Waals surface area contributed by atoms with Crippen LogP contribution in [0.15, 0.2) is 97.2 Å². The SMILES string of the molecule is CC/C=C/C=C/C=C/C=C/CCCCCC(=O)OC(COC(=O)CCCCCCCCC/C=C/C/C=C/C/C=C/C/C=C/CC)COP(=O)(O)O. The van der Waals surface area contributed by atoms with Gasteiger partial charge in [0.2, 0.25) is 0 Å². The van der Waals surface area contributed by atoms with Crippen LogP contribution < -0.4 is 0 Å². The monoisotopic (exact) mass is 730 g/mol. The first kappa shape index (κ1) is 48.0. The maximum atomic E-state index is 12.3. The van der Waals surface area contributed by atoms with Crippen LogP contribution in [0.2, 0.25) is 0 Å². The van der Waals surface area contributed by atoms with Gasteiger partial charge in [0.25, 0.3) is 0 Å². The van der Waals surface area contributed by atoms with Crippen LogP contribution in [0.25, 0.3) is 0 Å². The molecule has 0 bridgehead atoms. The van der Waals surface area contributed by atoms with Crippen LogP contribution in [0.3, 0.4) is 0 Å². The highest BCUT2D eigenvalue weighted by molar-refractivity contribution is 7.46. The molecule has 0 amide bonds. The third-order valence-electron chi connectivity index (χ3n) is 7.44. The van der Waals surface area contributed by atoms with Gasteiger partial charge in [-0.25, -0.2) is 4.57 Å². The number of hydrogen-bond donors (Lipinski definition) is 2. The van der Waals surface area contributed by atoms with Crippen LogP contribution in [0, 0.1) is 0 Å². The van der Waals surface area contributed by atoms with Gasteiger partial charge in [-0.05, 0) is 70.6 Å². The zero-order valence-electron chi connectivity index (χ0n) is 31.5. The van der Waals surface area contributed by atoms with E-state index >= 15 is 0 Å². The molecule has 0 spiro atoms. The molecule has 0 saturated carbocycles. The van der Waals surface area contributed by atoms with Gasteiger partial charge in [0.1, 0.15) is 6.61 Å². The second kappa shape index (κ2) is 36.8. The summed E-state index contributed by atoms with van der Waals surface area (Å²) in [6.45, 7) is 3.36. The van der Waals surface area contributed by atoms with E-state index in [1.165, 1.54) is 19.3 Å². The summed E-state index contributed by atoms with van der Waals surface area (Å²) in [4.78, 5) is 42.7. The average molecular weight is 731 g/mol. The maximum Gasteiger partial charge on any atom is 0.469 e. The van der Waals surface area contributed by atoms with Gasteiger partial charge in [-0.1, -0.05) is 150 Å². The van der Waals surface area contributed by atoms with Crippen LogP contribution in [0.1, 0.15) is 136 Å². The van der Waals surface area contributed by atoms with Crippen molar-refractivity contribution < 1.29 is 37.9 Å². The van der Waals surface area contributed by atoms with E-state index in [9.17, 15) is 14.2 Å². The summed E-state index contributed by atoms with van der Waals surface area (Å²) < 4.78 is 26.3. The first-order valence-corrected chi connectivity index (χ1v) is 20.6. The van der Waals surface area contributed by atoms with Crippen LogP contribution in [-0.2, 0) is 28.2 Å². The van der Waals surface area contributed by atoms with Crippen LogP contribution in [0.4, 0.5) is 0 Å². The van der Waals surface area contributed by atoms with Crippen molar-refractivity contribution in [3.63, 3.8) is 0 Å². The molecule has 1 atom stereocenters. The van der Waals surface area contributed by atoms with Crippen molar-refractivity contribution in [2.24, 2.45) is 0 Å². The van der Waals surface area contributed by atoms with Gasteiger partial charge in [-0.3, -0.25) is 14.1 Å². The summed E-state index contributed by atoms with van der Waals surface area (Å²) in [7, 11) is -4.77. The molecule has 0 rings (SSSR count). The Balaban J connectivity index is 4.03. The lowest BCUT2D eigenvalue weighted by molar-refractivity contribution is -0.161. The van der Waals surface area contributed by atoms with E-state index in [2.05, 4.69) is 79.1 Å². The fourth-order valence-electron chi connectivity index (χ4n) is 4.67. The van der Waals surface area contributed by atoms with E-state index in [0.717, 1.165) is 77.0 Å². The molecule has 0 aromatic rings. The zero-order chi connectivity index (χ0) is 37.5. The Morgan fingerprint density at radius 1 is 0.529 bits per heavy atom. The van der Waals surface area contributed by atoms with Gasteiger partial charge in [0, 0.05) is 12.8 Å². The molecule has 288 valence electrons. The number of carbonyl (C=O) groups excluding carboxylic acids is 2. The number of ether oxygens (including phenoxy) is 2. The molecule has 1 unspecified atom stereocenters. The third-order valence-corrected chi connectivity index (χ3v) is 7.93. The minimum atomic E-state index is -4.77. The van der Waals surface area contributed by atoms with Crippen molar-refractivity contribution in [1.82, 2.24) is 0 Å². The largest absolute Gasteiger partial charge is 0.469 e. The number of phosphoric acid groups is 1. The van der Waals surface area contributed by atoms with E-state index in [0.29, 0.717) is 12.8 Å². The highest BCUT2D eigenvalue weighted by Gasteiger charge is 2.22. The Labute approximate surface area is 309 Å². The second-order valence-corrected chi connectivity index (χ2v) is 13.5. The van der Waals surface area contributed by atoms with Crippen molar-refractivity contribution in [3.8, 4) is 0 Å². The van der Waals surface area contributed by atoms with Gasteiger partial charge in [-0.2, -0.15) is 0 Å². The minimum absolute atomic E-state index is 0.157. The number of hydrogen-bond acceptors (Lipinski definition) is 6. The molecule has 0 aromatic carbocycles. The molecule has 2 N–H and O–H groups in total. The normalized spacial score (nSPS) is 13.6. The van der Waals surface area contributed by atoms with E-state index in [-0.39, 0.29) is 19.4 Å². The molecule has 0 fully saturated rings. The lowest BCUT2D eigenvalue weighted by Crippen LogP contribution is -2.29. The number of esters is 2. The van der Waals surface area contributed by atoms with E-state index in [1.54, 1.807) is 0 Å².